The zero-order valence-corrected chi connectivity index (χ0v) is 12.2. The number of carboxylic acids is 1. The monoisotopic (exact) mass is 264 g/mol. The van der Waals surface area contributed by atoms with Crippen LogP contribution in [0.25, 0.3) is 0 Å². The van der Waals surface area contributed by atoms with Crippen LogP contribution in [0, 0.1) is 0 Å². The summed E-state index contributed by atoms with van der Waals surface area (Å²) in [4.78, 5) is 12.6. The van der Waals surface area contributed by atoms with Crippen molar-refractivity contribution in [3.63, 3.8) is 0 Å². The molecule has 0 saturated heterocycles. The Hall–Kier alpha value is -1.55. The smallest absolute Gasteiger partial charge is 0.304 e. The SMILES string of the molecule is CN(CC(N)CC(=O)O)c1ccc(C(C)(C)C)cc1. The first-order valence-corrected chi connectivity index (χ1v) is 6.49. The summed E-state index contributed by atoms with van der Waals surface area (Å²) in [7, 11) is 1.92. The van der Waals surface area contributed by atoms with Crippen molar-refractivity contribution in [2.45, 2.75) is 38.6 Å². The topological polar surface area (TPSA) is 66.6 Å². The summed E-state index contributed by atoms with van der Waals surface area (Å²) in [5.74, 6) is -0.857. The van der Waals surface area contributed by atoms with Crippen LogP contribution < -0.4 is 10.6 Å². The summed E-state index contributed by atoms with van der Waals surface area (Å²) >= 11 is 0. The highest BCUT2D eigenvalue weighted by Crippen LogP contribution is 2.24. The van der Waals surface area contributed by atoms with E-state index >= 15 is 0 Å². The summed E-state index contributed by atoms with van der Waals surface area (Å²) in [5, 5.41) is 8.69. The Morgan fingerprint density at radius 1 is 1.32 bits per heavy atom. The van der Waals surface area contributed by atoms with Crippen molar-refractivity contribution in [3.8, 4) is 0 Å². The number of benzene rings is 1. The lowest BCUT2D eigenvalue weighted by Gasteiger charge is -2.24. The molecular formula is C15H24N2O2. The fourth-order valence-corrected chi connectivity index (χ4v) is 1.96. The van der Waals surface area contributed by atoms with E-state index in [0.29, 0.717) is 6.54 Å². The number of rotatable bonds is 5. The van der Waals surface area contributed by atoms with E-state index in [1.54, 1.807) is 0 Å². The Morgan fingerprint density at radius 3 is 2.26 bits per heavy atom. The lowest BCUT2D eigenvalue weighted by molar-refractivity contribution is -0.137. The Bertz CT molecular complexity index is 421. The molecule has 1 aromatic carbocycles. The summed E-state index contributed by atoms with van der Waals surface area (Å²) < 4.78 is 0. The molecule has 4 nitrogen and oxygen atoms in total. The van der Waals surface area contributed by atoms with E-state index in [0.717, 1.165) is 5.69 Å². The fourth-order valence-electron chi connectivity index (χ4n) is 1.96. The molecule has 0 amide bonds. The highest BCUT2D eigenvalue weighted by atomic mass is 16.4. The van der Waals surface area contributed by atoms with Crippen LogP contribution in [0.5, 0.6) is 0 Å². The number of nitrogens with two attached hydrogens (primary N) is 1. The van der Waals surface area contributed by atoms with Gasteiger partial charge in [0.2, 0.25) is 0 Å². The van der Waals surface area contributed by atoms with Gasteiger partial charge in [0.1, 0.15) is 0 Å². The van der Waals surface area contributed by atoms with Gasteiger partial charge in [-0.15, -0.1) is 0 Å². The van der Waals surface area contributed by atoms with Crippen LogP contribution in [0.2, 0.25) is 0 Å². The van der Waals surface area contributed by atoms with Crippen LogP contribution >= 0.6 is 0 Å². The molecule has 1 rings (SSSR count). The van der Waals surface area contributed by atoms with Crippen molar-refractivity contribution in [2.24, 2.45) is 5.73 Å². The quantitative estimate of drug-likeness (QED) is 0.855. The van der Waals surface area contributed by atoms with Crippen molar-refractivity contribution in [3.05, 3.63) is 29.8 Å². The number of likely N-dealkylation sites (N-methyl/N-ethyl adjacent to an activating group) is 1. The van der Waals surface area contributed by atoms with Gasteiger partial charge in [-0.25, -0.2) is 0 Å². The molecule has 3 N–H and O–H groups in total. The number of anilines is 1. The van der Waals surface area contributed by atoms with Crippen molar-refractivity contribution in [1.82, 2.24) is 0 Å². The summed E-state index contributed by atoms with van der Waals surface area (Å²) in [6.07, 6.45) is -0.00951. The standard InChI is InChI=1S/C15H24N2O2/c1-15(2,3)11-5-7-13(8-6-11)17(4)10-12(16)9-14(18)19/h5-8,12H,9-10,16H2,1-4H3,(H,18,19). The first kappa shape index (κ1) is 15.5. The van der Waals surface area contributed by atoms with Gasteiger partial charge < -0.3 is 15.7 Å². The van der Waals surface area contributed by atoms with Crippen LogP contribution in [0.3, 0.4) is 0 Å². The van der Waals surface area contributed by atoms with Crippen molar-refractivity contribution in [2.75, 3.05) is 18.5 Å². The second kappa shape index (κ2) is 6.06. The molecule has 4 heteroatoms. The average molecular weight is 264 g/mol. The van der Waals surface area contributed by atoms with Gasteiger partial charge in [0, 0.05) is 25.3 Å². The van der Waals surface area contributed by atoms with Gasteiger partial charge in [-0.05, 0) is 23.1 Å². The second-order valence-electron chi connectivity index (χ2n) is 6.04. The van der Waals surface area contributed by atoms with E-state index in [1.165, 1.54) is 5.56 Å². The van der Waals surface area contributed by atoms with Crippen LogP contribution in [-0.4, -0.2) is 30.7 Å². The van der Waals surface area contributed by atoms with Gasteiger partial charge in [0.05, 0.1) is 6.42 Å². The third-order valence-corrected chi connectivity index (χ3v) is 3.12. The minimum absolute atomic E-state index is 0.00951. The summed E-state index contributed by atoms with van der Waals surface area (Å²) in [5.41, 5.74) is 8.25. The van der Waals surface area contributed by atoms with Gasteiger partial charge in [0.25, 0.3) is 0 Å². The Balaban J connectivity index is 2.68. The zero-order valence-electron chi connectivity index (χ0n) is 12.2. The molecule has 0 spiro atoms. The summed E-state index contributed by atoms with van der Waals surface area (Å²) in [6.45, 7) is 7.05. The van der Waals surface area contributed by atoms with E-state index < -0.39 is 5.97 Å². The molecule has 106 valence electrons. The molecule has 0 aliphatic rings. The predicted octanol–water partition coefficient (Wildman–Crippen LogP) is 2.22. The highest BCUT2D eigenvalue weighted by Gasteiger charge is 2.14. The van der Waals surface area contributed by atoms with Crippen LogP contribution in [0.15, 0.2) is 24.3 Å². The Morgan fingerprint density at radius 2 is 1.84 bits per heavy atom. The van der Waals surface area contributed by atoms with Crippen molar-refractivity contribution in [1.29, 1.82) is 0 Å². The van der Waals surface area contributed by atoms with E-state index in [-0.39, 0.29) is 17.9 Å². The maximum Gasteiger partial charge on any atom is 0.304 e. The Kier molecular flexibility index (Phi) is 4.95. The molecule has 0 fully saturated rings. The van der Waals surface area contributed by atoms with Gasteiger partial charge in [-0.1, -0.05) is 32.9 Å². The first-order valence-electron chi connectivity index (χ1n) is 6.49. The molecule has 0 aliphatic carbocycles. The number of carbonyl (C=O) groups is 1. The van der Waals surface area contributed by atoms with E-state index in [9.17, 15) is 4.79 Å². The normalized spacial score (nSPS) is 13.1. The third kappa shape index (κ3) is 4.91. The number of hydrogen-bond donors (Lipinski definition) is 2. The summed E-state index contributed by atoms with van der Waals surface area (Å²) in [6, 6.07) is 7.95. The largest absolute Gasteiger partial charge is 0.481 e. The second-order valence-corrected chi connectivity index (χ2v) is 6.04. The number of carboxylic acid groups (broad SMARTS) is 1. The minimum Gasteiger partial charge on any atom is -0.481 e. The molecule has 1 atom stereocenters. The van der Waals surface area contributed by atoms with Gasteiger partial charge in [0.15, 0.2) is 0 Å². The fraction of sp³-hybridized carbons (Fsp3) is 0.533. The Labute approximate surface area is 115 Å². The molecule has 0 aliphatic heterocycles. The first-order chi connectivity index (χ1) is 8.70. The molecule has 0 saturated carbocycles. The van der Waals surface area contributed by atoms with E-state index in [1.807, 2.05) is 24.1 Å². The van der Waals surface area contributed by atoms with Gasteiger partial charge in [-0.2, -0.15) is 0 Å². The van der Waals surface area contributed by atoms with Crippen LogP contribution in [-0.2, 0) is 10.2 Å². The third-order valence-electron chi connectivity index (χ3n) is 3.12. The number of nitrogens with zero attached hydrogens (tertiary/aromatic N) is 1. The molecule has 0 radical (unpaired) electrons. The number of aliphatic carboxylic acids is 1. The van der Waals surface area contributed by atoms with Gasteiger partial charge in [-0.3, -0.25) is 4.79 Å². The highest BCUT2D eigenvalue weighted by molar-refractivity contribution is 5.67. The maximum atomic E-state index is 10.6. The van der Waals surface area contributed by atoms with E-state index in [4.69, 9.17) is 10.8 Å². The maximum absolute atomic E-state index is 10.6. The molecular weight excluding hydrogens is 240 g/mol. The molecule has 1 unspecified atom stereocenters. The minimum atomic E-state index is -0.857. The van der Waals surface area contributed by atoms with Crippen molar-refractivity contribution < 1.29 is 9.90 Å². The van der Waals surface area contributed by atoms with Gasteiger partial charge >= 0.3 is 5.97 Å². The molecule has 1 aromatic rings. The van der Waals surface area contributed by atoms with Crippen molar-refractivity contribution >= 4 is 11.7 Å². The molecule has 0 bridgehead atoms. The number of hydrogen-bond acceptors (Lipinski definition) is 3. The lowest BCUT2D eigenvalue weighted by Crippen LogP contribution is -2.36. The zero-order chi connectivity index (χ0) is 14.6. The molecule has 19 heavy (non-hydrogen) atoms. The lowest BCUT2D eigenvalue weighted by atomic mass is 9.87. The van der Waals surface area contributed by atoms with Crippen LogP contribution in [0.4, 0.5) is 5.69 Å². The van der Waals surface area contributed by atoms with Crippen LogP contribution in [0.1, 0.15) is 32.8 Å². The predicted molar refractivity (Wildman–Crippen MR) is 78.6 cm³/mol. The average Bonchev–Trinajstić information content (AvgIpc) is 2.26. The molecule has 0 heterocycles. The molecule has 0 aromatic heterocycles. The van der Waals surface area contributed by atoms with E-state index in [2.05, 4.69) is 32.9 Å².